The molecule has 0 aliphatic carbocycles. The first-order valence-corrected chi connectivity index (χ1v) is 16.6. The van der Waals surface area contributed by atoms with Crippen molar-refractivity contribution in [2.75, 3.05) is 0 Å². The van der Waals surface area contributed by atoms with E-state index >= 15 is 0 Å². The molecular weight excluding hydrogens is 798 g/mol. The Hall–Kier alpha value is -5.32. The van der Waals surface area contributed by atoms with E-state index in [2.05, 4.69) is 117 Å². The van der Waals surface area contributed by atoms with Crippen molar-refractivity contribution >= 4 is 49.3 Å². The predicted molar refractivity (Wildman–Crippen MR) is 196 cm³/mol. The van der Waals surface area contributed by atoms with Crippen LogP contribution in [0.2, 0.25) is 0 Å². The third-order valence-electron chi connectivity index (χ3n) is 11.0. The fourth-order valence-corrected chi connectivity index (χ4v) is 7.91. The molecule has 1 aliphatic rings. The van der Waals surface area contributed by atoms with E-state index in [1.54, 1.807) is 12.4 Å². The molecule has 244 valence electrons. The van der Waals surface area contributed by atoms with Gasteiger partial charge in [0.15, 0.2) is 0 Å². The van der Waals surface area contributed by atoms with Crippen LogP contribution in [-0.4, -0.2) is 23.9 Å². The number of pyridine rings is 3. The number of nitrogens with zero attached hydrogens (tertiary/aromatic N) is 5. The van der Waals surface area contributed by atoms with Gasteiger partial charge in [-0.15, -0.1) is 12.1 Å². The van der Waals surface area contributed by atoms with Gasteiger partial charge in [-0.05, 0) is 34.9 Å². The number of para-hydroxylation sites is 2. The summed E-state index contributed by atoms with van der Waals surface area (Å²) < 4.78 is 11.0. The largest absolute Gasteiger partial charge is 2.00 e. The van der Waals surface area contributed by atoms with Gasteiger partial charge in [-0.25, -0.2) is 4.98 Å². The van der Waals surface area contributed by atoms with E-state index in [4.69, 9.17) is 19.7 Å². The molecule has 0 spiro atoms. The molecule has 0 bridgehead atoms. The smallest absolute Gasteiger partial charge is 0.515 e. The molecule has 4 aromatic carbocycles. The monoisotopic (exact) mass is 828 g/mol. The topological polar surface area (TPSA) is 57.2 Å². The Kier molecular flexibility index (Phi) is 6.66. The average molecular weight is 829 g/mol. The van der Waals surface area contributed by atoms with Crippen LogP contribution in [0, 0.1) is 12.1 Å². The van der Waals surface area contributed by atoms with Gasteiger partial charge < -0.3 is 9.14 Å². The van der Waals surface area contributed by atoms with Crippen LogP contribution in [0.5, 0.6) is 11.5 Å². The van der Waals surface area contributed by atoms with E-state index in [0.717, 1.165) is 49.6 Å². The first-order valence-electron chi connectivity index (χ1n) is 16.6. The molecule has 0 atom stereocenters. The minimum absolute atomic E-state index is 0. The van der Waals surface area contributed by atoms with Crippen LogP contribution in [0.1, 0.15) is 39.0 Å². The molecule has 0 N–H and O–H groups in total. The molecule has 50 heavy (non-hydrogen) atoms. The van der Waals surface area contributed by atoms with Crippen molar-refractivity contribution in [1.82, 2.24) is 23.9 Å². The Balaban J connectivity index is 0.00000336. The van der Waals surface area contributed by atoms with Crippen LogP contribution >= 0.6 is 0 Å². The molecule has 7 heteroatoms. The average Bonchev–Trinajstić information content (AvgIpc) is 3.70. The minimum Gasteiger partial charge on any atom is -0.515 e. The number of aromatic nitrogens is 5. The van der Waals surface area contributed by atoms with Crippen molar-refractivity contribution in [1.29, 1.82) is 0 Å². The third kappa shape index (κ3) is 4.09. The molecule has 6 nitrogen and oxygen atoms in total. The molecule has 5 aromatic heterocycles. The van der Waals surface area contributed by atoms with Crippen LogP contribution < -0.4 is 4.74 Å². The summed E-state index contributed by atoms with van der Waals surface area (Å²) in [6, 6.07) is 42.6. The van der Waals surface area contributed by atoms with Gasteiger partial charge >= 0.3 is 21.1 Å². The normalized spacial score (nSPS) is 14.6. The Morgan fingerprint density at radius 3 is 2.24 bits per heavy atom. The van der Waals surface area contributed by atoms with Gasteiger partial charge in [0.1, 0.15) is 5.65 Å². The number of hydrogen-bond donors (Lipinski definition) is 0. The van der Waals surface area contributed by atoms with Crippen molar-refractivity contribution in [2.45, 2.75) is 38.5 Å². The molecule has 0 saturated heterocycles. The fourth-order valence-electron chi connectivity index (χ4n) is 7.91. The first kappa shape index (κ1) is 30.7. The third-order valence-corrected chi connectivity index (χ3v) is 11.0. The van der Waals surface area contributed by atoms with Gasteiger partial charge in [0, 0.05) is 56.1 Å². The maximum atomic E-state index is 6.52. The van der Waals surface area contributed by atoms with Crippen molar-refractivity contribution in [3.63, 3.8) is 0 Å². The minimum atomic E-state index is -0.218. The van der Waals surface area contributed by atoms with Crippen LogP contribution in [0.15, 0.2) is 116 Å². The molecule has 0 radical (unpaired) electrons. The van der Waals surface area contributed by atoms with E-state index in [-0.39, 0.29) is 31.9 Å². The second-order valence-corrected chi connectivity index (χ2v) is 14.0. The summed E-state index contributed by atoms with van der Waals surface area (Å²) in [6.45, 7) is 9.42. The van der Waals surface area contributed by atoms with Crippen LogP contribution in [0.25, 0.3) is 66.3 Å². The Labute approximate surface area is 303 Å². The van der Waals surface area contributed by atoms with Gasteiger partial charge in [0.05, 0.1) is 16.9 Å². The summed E-state index contributed by atoms with van der Waals surface area (Å²) in [5.74, 6) is 1.74. The number of ether oxygens (including phenoxy) is 1. The second-order valence-electron chi connectivity index (χ2n) is 14.0. The summed E-state index contributed by atoms with van der Waals surface area (Å²) in [5.41, 5.74) is 8.24. The zero-order valence-corrected chi connectivity index (χ0v) is 30.2. The van der Waals surface area contributed by atoms with Crippen LogP contribution in [-0.2, 0) is 31.9 Å². The number of rotatable bonds is 4. The van der Waals surface area contributed by atoms with Gasteiger partial charge in [-0.2, -0.15) is 12.1 Å². The van der Waals surface area contributed by atoms with Crippen molar-refractivity contribution in [2.24, 2.45) is 0 Å². The molecule has 6 heterocycles. The molecule has 0 unspecified atom stereocenters. The summed E-state index contributed by atoms with van der Waals surface area (Å²) >= 11 is 0. The van der Waals surface area contributed by atoms with Gasteiger partial charge in [-0.1, -0.05) is 117 Å². The zero-order chi connectivity index (χ0) is 33.1. The molecular formula is C43H31N5OPt. The first-order chi connectivity index (χ1) is 23.8. The van der Waals surface area contributed by atoms with Crippen LogP contribution in [0.4, 0.5) is 0 Å². The van der Waals surface area contributed by atoms with Crippen molar-refractivity contribution in [3.8, 4) is 28.6 Å². The van der Waals surface area contributed by atoms with Crippen LogP contribution in [0.3, 0.4) is 0 Å². The zero-order valence-electron chi connectivity index (χ0n) is 27.9. The number of fused-ring (bicyclic) bond motifs is 6. The van der Waals surface area contributed by atoms with E-state index in [1.165, 1.54) is 22.2 Å². The fraction of sp³-hybridized carbons (Fsp3) is 0.140. The standard InChI is InChI=1S/C43H31N5O.Pt/c1-42(2)34-17-10-15-31-29-20-19-27(24-33(29)41-46-37(26-12-6-5-7-13-26)39(43(42,3)4)48(41)38(31)34)49-28-21-23-44-36(25-28)47-35-18-9-8-14-30(35)32-16-11-22-45-40(32)47;/h5-23H,1-4H3;/q-2;+2. The quantitative estimate of drug-likeness (QED) is 0.131. The van der Waals surface area contributed by atoms with Crippen molar-refractivity contribution < 1.29 is 25.8 Å². The molecule has 0 amide bonds. The number of benzene rings is 4. The summed E-state index contributed by atoms with van der Waals surface area (Å²) in [6.07, 6.45) is 3.56. The maximum absolute atomic E-state index is 6.52. The predicted octanol–water partition coefficient (Wildman–Crippen LogP) is 10.2. The Morgan fingerprint density at radius 1 is 0.620 bits per heavy atom. The summed E-state index contributed by atoms with van der Waals surface area (Å²) in [5, 5.41) is 5.38. The van der Waals surface area contributed by atoms with E-state index in [9.17, 15) is 0 Å². The van der Waals surface area contributed by atoms with Gasteiger partial charge in [0.2, 0.25) is 0 Å². The summed E-state index contributed by atoms with van der Waals surface area (Å²) in [7, 11) is 0. The maximum Gasteiger partial charge on any atom is 2.00 e. The van der Waals surface area contributed by atoms with Gasteiger partial charge in [0.25, 0.3) is 0 Å². The van der Waals surface area contributed by atoms with E-state index < -0.39 is 0 Å². The second kappa shape index (κ2) is 10.8. The van der Waals surface area contributed by atoms with E-state index in [0.29, 0.717) is 17.3 Å². The molecule has 0 saturated carbocycles. The Morgan fingerprint density at radius 2 is 1.38 bits per heavy atom. The summed E-state index contributed by atoms with van der Waals surface area (Å²) in [4.78, 5) is 14.8. The molecule has 10 rings (SSSR count). The molecule has 9 aromatic rings. The van der Waals surface area contributed by atoms with E-state index in [1.807, 2.05) is 34.9 Å². The number of hydrogen-bond acceptors (Lipinski definition) is 4. The van der Waals surface area contributed by atoms with Gasteiger partial charge in [-0.3, -0.25) is 14.5 Å². The SMILES string of the molecule is CC1(C)c2cccc3c4ccc(Oc5[c-]c(-n6c7ccccc7c7cccnc76)ncc5)[c-]c4c4nc(-c5ccccc5)c(n4c23)C1(C)C.[Pt+2]. The number of imidazole rings is 1. The van der Waals surface area contributed by atoms with Crippen molar-refractivity contribution in [3.05, 3.63) is 139 Å². The Bertz CT molecular complexity index is 2760. The molecule has 0 fully saturated rings. The molecule has 1 aliphatic heterocycles.